The Balaban J connectivity index is 3.11. The molecule has 0 spiro atoms. The maximum Gasteiger partial charge on any atom is 0.278 e. The van der Waals surface area contributed by atoms with E-state index in [1.54, 1.807) is 0 Å². The largest absolute Gasteiger partial charge is 0.392 e. The molecule has 1 rings (SSSR count). The number of amides is 2. The SMILES string of the molecule is CN1C(=O)C(N)=C(N)C1=O. The monoisotopic (exact) mass is 141 g/mol. The highest BCUT2D eigenvalue weighted by Crippen LogP contribution is 2.09. The van der Waals surface area contributed by atoms with Crippen molar-refractivity contribution in [3.8, 4) is 0 Å². The zero-order valence-electron chi connectivity index (χ0n) is 5.42. The topological polar surface area (TPSA) is 89.4 Å². The van der Waals surface area contributed by atoms with Gasteiger partial charge in [-0.05, 0) is 0 Å². The van der Waals surface area contributed by atoms with E-state index in [9.17, 15) is 9.59 Å². The van der Waals surface area contributed by atoms with Gasteiger partial charge in [0.15, 0.2) is 0 Å². The number of imide groups is 1. The molecule has 0 bridgehead atoms. The predicted octanol–water partition coefficient (Wildman–Crippen LogP) is -1.89. The van der Waals surface area contributed by atoms with Crippen molar-refractivity contribution in [3.05, 3.63) is 11.4 Å². The van der Waals surface area contributed by atoms with Crippen LogP contribution in [0.2, 0.25) is 0 Å². The van der Waals surface area contributed by atoms with Gasteiger partial charge in [0.25, 0.3) is 11.8 Å². The summed E-state index contributed by atoms with van der Waals surface area (Å²) < 4.78 is 0. The first-order valence-electron chi connectivity index (χ1n) is 2.63. The molecule has 2 amide bonds. The van der Waals surface area contributed by atoms with Crippen LogP contribution in [0.4, 0.5) is 0 Å². The fourth-order valence-electron chi connectivity index (χ4n) is 0.684. The average molecular weight is 141 g/mol. The van der Waals surface area contributed by atoms with Gasteiger partial charge in [-0.15, -0.1) is 0 Å². The first-order valence-corrected chi connectivity index (χ1v) is 2.63. The number of carbonyl (C=O) groups excluding carboxylic acids is 2. The van der Waals surface area contributed by atoms with Gasteiger partial charge in [0.1, 0.15) is 11.4 Å². The molecule has 1 heterocycles. The lowest BCUT2D eigenvalue weighted by molar-refractivity contribution is -0.135. The van der Waals surface area contributed by atoms with E-state index in [0.717, 1.165) is 4.90 Å². The normalized spacial score (nSPS) is 19.1. The van der Waals surface area contributed by atoms with E-state index >= 15 is 0 Å². The Hall–Kier alpha value is -1.52. The maximum absolute atomic E-state index is 10.8. The molecular formula is C5H7N3O2. The smallest absolute Gasteiger partial charge is 0.278 e. The van der Waals surface area contributed by atoms with Crippen LogP contribution in [0.1, 0.15) is 0 Å². The molecule has 0 unspecified atom stereocenters. The summed E-state index contributed by atoms with van der Waals surface area (Å²) in [7, 11) is 1.33. The van der Waals surface area contributed by atoms with E-state index < -0.39 is 11.8 Å². The van der Waals surface area contributed by atoms with E-state index in [4.69, 9.17) is 11.5 Å². The second-order valence-electron chi connectivity index (χ2n) is 2.00. The van der Waals surface area contributed by atoms with Gasteiger partial charge in [0.2, 0.25) is 0 Å². The van der Waals surface area contributed by atoms with Crippen LogP contribution in [0.3, 0.4) is 0 Å². The highest BCUT2D eigenvalue weighted by atomic mass is 16.2. The van der Waals surface area contributed by atoms with Crippen molar-refractivity contribution in [1.82, 2.24) is 4.90 Å². The van der Waals surface area contributed by atoms with Crippen molar-refractivity contribution >= 4 is 11.8 Å². The maximum atomic E-state index is 10.8. The van der Waals surface area contributed by atoms with Gasteiger partial charge < -0.3 is 11.5 Å². The van der Waals surface area contributed by atoms with Gasteiger partial charge in [-0.1, -0.05) is 0 Å². The van der Waals surface area contributed by atoms with Crippen molar-refractivity contribution in [2.45, 2.75) is 0 Å². The Morgan fingerprint density at radius 2 is 1.40 bits per heavy atom. The van der Waals surface area contributed by atoms with Crippen molar-refractivity contribution in [2.24, 2.45) is 11.5 Å². The molecule has 5 heteroatoms. The third-order valence-corrected chi connectivity index (χ3v) is 1.36. The summed E-state index contributed by atoms with van der Waals surface area (Å²) in [5, 5.41) is 0. The molecule has 0 aliphatic carbocycles. The summed E-state index contributed by atoms with van der Waals surface area (Å²) in [4.78, 5) is 22.4. The molecule has 4 N–H and O–H groups in total. The third kappa shape index (κ3) is 0.570. The fourth-order valence-corrected chi connectivity index (χ4v) is 0.684. The standard InChI is InChI=1S/C5H7N3O2/c1-8-4(9)2(6)3(7)5(8)10/h6-7H2,1H3. The number of nitrogens with zero attached hydrogens (tertiary/aromatic N) is 1. The Labute approximate surface area is 57.3 Å². The number of likely N-dealkylation sites (N-methyl/N-ethyl adjacent to an activating group) is 1. The van der Waals surface area contributed by atoms with Crippen LogP contribution in [-0.2, 0) is 9.59 Å². The summed E-state index contributed by atoms with van der Waals surface area (Å²) in [5.74, 6) is -1.05. The van der Waals surface area contributed by atoms with Gasteiger partial charge in [-0.3, -0.25) is 14.5 Å². The van der Waals surface area contributed by atoms with E-state index in [1.165, 1.54) is 7.05 Å². The van der Waals surface area contributed by atoms with Crippen LogP contribution >= 0.6 is 0 Å². The number of hydrogen-bond acceptors (Lipinski definition) is 4. The molecule has 1 aliphatic rings. The van der Waals surface area contributed by atoms with Crippen molar-refractivity contribution in [1.29, 1.82) is 0 Å². The van der Waals surface area contributed by atoms with Gasteiger partial charge in [0, 0.05) is 7.05 Å². The van der Waals surface area contributed by atoms with E-state index in [1.807, 2.05) is 0 Å². The Morgan fingerprint density at radius 1 is 1.10 bits per heavy atom. The van der Waals surface area contributed by atoms with Crippen molar-refractivity contribution < 1.29 is 9.59 Å². The number of rotatable bonds is 0. The molecule has 0 radical (unpaired) electrons. The van der Waals surface area contributed by atoms with Gasteiger partial charge in [-0.2, -0.15) is 0 Å². The molecule has 0 atom stereocenters. The molecular weight excluding hydrogens is 134 g/mol. The molecule has 0 fully saturated rings. The van der Waals surface area contributed by atoms with Gasteiger partial charge in [0.05, 0.1) is 0 Å². The third-order valence-electron chi connectivity index (χ3n) is 1.36. The fraction of sp³-hybridized carbons (Fsp3) is 0.200. The number of carbonyl (C=O) groups is 2. The molecule has 0 aromatic heterocycles. The summed E-state index contributed by atoms with van der Waals surface area (Å²) in [6.45, 7) is 0. The molecule has 0 aromatic carbocycles. The Morgan fingerprint density at radius 3 is 1.50 bits per heavy atom. The molecule has 1 aliphatic heterocycles. The average Bonchev–Trinajstić information content (AvgIpc) is 2.07. The first-order chi connectivity index (χ1) is 4.55. The van der Waals surface area contributed by atoms with Crippen LogP contribution in [0.25, 0.3) is 0 Å². The highest BCUT2D eigenvalue weighted by molar-refractivity contribution is 6.18. The van der Waals surface area contributed by atoms with Crippen LogP contribution in [0.15, 0.2) is 11.4 Å². The Bertz CT molecular complexity index is 219. The minimum absolute atomic E-state index is 0.160. The van der Waals surface area contributed by atoms with Crippen LogP contribution in [0, 0.1) is 0 Å². The van der Waals surface area contributed by atoms with Crippen molar-refractivity contribution in [2.75, 3.05) is 7.05 Å². The molecule has 0 aromatic rings. The lowest BCUT2D eigenvalue weighted by atomic mass is 10.4. The zero-order valence-corrected chi connectivity index (χ0v) is 5.42. The molecule has 10 heavy (non-hydrogen) atoms. The minimum Gasteiger partial charge on any atom is -0.392 e. The molecule has 0 saturated heterocycles. The van der Waals surface area contributed by atoms with E-state index in [0.29, 0.717) is 0 Å². The summed E-state index contributed by atoms with van der Waals surface area (Å²) in [5.41, 5.74) is 9.97. The highest BCUT2D eigenvalue weighted by Gasteiger charge is 2.31. The van der Waals surface area contributed by atoms with Crippen LogP contribution in [0.5, 0.6) is 0 Å². The number of hydrogen-bond donors (Lipinski definition) is 2. The van der Waals surface area contributed by atoms with Crippen LogP contribution < -0.4 is 11.5 Å². The first kappa shape index (κ1) is 6.60. The Kier molecular flexibility index (Phi) is 1.14. The van der Waals surface area contributed by atoms with Gasteiger partial charge in [-0.25, -0.2) is 0 Å². The predicted molar refractivity (Wildman–Crippen MR) is 33.2 cm³/mol. The summed E-state index contributed by atoms with van der Waals surface area (Å²) in [6.07, 6.45) is 0. The molecule has 5 nitrogen and oxygen atoms in total. The quantitative estimate of drug-likeness (QED) is 0.386. The summed E-state index contributed by atoms with van der Waals surface area (Å²) in [6, 6.07) is 0. The van der Waals surface area contributed by atoms with E-state index in [2.05, 4.69) is 0 Å². The van der Waals surface area contributed by atoms with Crippen molar-refractivity contribution in [3.63, 3.8) is 0 Å². The zero-order chi connectivity index (χ0) is 7.89. The molecule has 0 saturated carbocycles. The lowest BCUT2D eigenvalue weighted by Gasteiger charge is -2.03. The molecule has 54 valence electrons. The minimum atomic E-state index is -0.525. The van der Waals surface area contributed by atoms with Gasteiger partial charge >= 0.3 is 0 Å². The second-order valence-corrected chi connectivity index (χ2v) is 2.00. The summed E-state index contributed by atoms with van der Waals surface area (Å²) >= 11 is 0. The second kappa shape index (κ2) is 1.73. The lowest BCUT2D eigenvalue weighted by Crippen LogP contribution is -2.28. The van der Waals surface area contributed by atoms with E-state index in [-0.39, 0.29) is 11.4 Å². The number of nitrogens with two attached hydrogens (primary N) is 2. The van der Waals surface area contributed by atoms with Crippen LogP contribution in [-0.4, -0.2) is 23.8 Å².